The second kappa shape index (κ2) is 9.50. The third kappa shape index (κ3) is 4.96. The van der Waals surface area contributed by atoms with Gasteiger partial charge < -0.3 is 14.5 Å². The van der Waals surface area contributed by atoms with Crippen molar-refractivity contribution in [1.29, 1.82) is 0 Å². The van der Waals surface area contributed by atoms with Crippen LogP contribution in [0.25, 0.3) is 10.8 Å². The molecule has 5 aromatic rings. The van der Waals surface area contributed by atoms with Crippen LogP contribution < -0.4 is 10.1 Å². The predicted molar refractivity (Wildman–Crippen MR) is 137 cm³/mol. The summed E-state index contributed by atoms with van der Waals surface area (Å²) < 4.78 is 13.5. The monoisotopic (exact) mass is 465 g/mol. The first-order valence-electron chi connectivity index (χ1n) is 11.6. The summed E-state index contributed by atoms with van der Waals surface area (Å²) in [4.78, 5) is 12.9. The molecule has 0 atom stereocenters. The summed E-state index contributed by atoms with van der Waals surface area (Å²) in [5, 5.41) is 9.85. The normalized spacial score (nSPS) is 11.1. The Morgan fingerprint density at radius 1 is 0.943 bits per heavy atom. The Bertz CT molecular complexity index is 1510. The maximum Gasteiger partial charge on any atom is 0.291 e. The first-order valence-corrected chi connectivity index (χ1v) is 11.6. The van der Waals surface area contributed by atoms with E-state index >= 15 is 0 Å². The lowest BCUT2D eigenvalue weighted by molar-refractivity contribution is 0.0992. The lowest BCUT2D eigenvalue weighted by Gasteiger charge is -2.07. The first kappa shape index (κ1) is 22.5. The Morgan fingerprint density at radius 3 is 2.60 bits per heavy atom. The fourth-order valence-electron chi connectivity index (χ4n) is 4.18. The summed E-state index contributed by atoms with van der Waals surface area (Å²) in [6.45, 7) is 6.79. The van der Waals surface area contributed by atoms with Crippen molar-refractivity contribution >= 4 is 22.4 Å². The van der Waals surface area contributed by atoms with E-state index in [-0.39, 0.29) is 18.3 Å². The molecule has 0 saturated heterocycles. The Hall–Kier alpha value is -4.32. The zero-order valence-electron chi connectivity index (χ0n) is 20.0. The van der Waals surface area contributed by atoms with Gasteiger partial charge in [0.25, 0.3) is 5.91 Å². The van der Waals surface area contributed by atoms with E-state index in [2.05, 4.69) is 41.6 Å². The van der Waals surface area contributed by atoms with Crippen molar-refractivity contribution < 1.29 is 13.9 Å². The quantitative estimate of drug-likeness (QED) is 0.301. The lowest BCUT2D eigenvalue weighted by atomic mass is 10.1. The second-order valence-electron chi connectivity index (χ2n) is 8.71. The average molecular weight is 466 g/mol. The summed E-state index contributed by atoms with van der Waals surface area (Å²) in [5.41, 5.74) is 4.72. The van der Waals surface area contributed by atoms with Crippen molar-refractivity contribution in [2.75, 3.05) is 5.32 Å². The Balaban J connectivity index is 1.24. The Kier molecular flexibility index (Phi) is 6.10. The highest BCUT2D eigenvalue weighted by Crippen LogP contribution is 2.24. The molecule has 0 aliphatic carbocycles. The van der Waals surface area contributed by atoms with Crippen LogP contribution in [0.4, 0.5) is 5.69 Å². The number of benzene rings is 3. The SMILES string of the molecule is Cc1cccc(Cn2nc(C)c(NC(=O)c3ccc(COc4ccc5ccccc5c4)o3)c2C)c1. The van der Waals surface area contributed by atoms with E-state index in [0.717, 1.165) is 33.5 Å². The van der Waals surface area contributed by atoms with E-state index < -0.39 is 0 Å². The molecule has 0 spiro atoms. The van der Waals surface area contributed by atoms with Crippen LogP contribution in [-0.4, -0.2) is 15.7 Å². The Labute approximate surface area is 204 Å². The van der Waals surface area contributed by atoms with Gasteiger partial charge in [0, 0.05) is 0 Å². The van der Waals surface area contributed by atoms with Gasteiger partial charge in [0.05, 0.1) is 23.6 Å². The third-order valence-electron chi connectivity index (χ3n) is 6.02. The number of nitrogens with one attached hydrogen (secondary N) is 1. The van der Waals surface area contributed by atoms with Crippen LogP contribution in [0.2, 0.25) is 0 Å². The molecule has 0 unspecified atom stereocenters. The van der Waals surface area contributed by atoms with E-state index in [1.807, 2.05) is 61.0 Å². The highest BCUT2D eigenvalue weighted by atomic mass is 16.5. The maximum absolute atomic E-state index is 12.9. The van der Waals surface area contributed by atoms with Crippen LogP contribution >= 0.6 is 0 Å². The van der Waals surface area contributed by atoms with Crippen molar-refractivity contribution in [3.63, 3.8) is 0 Å². The van der Waals surface area contributed by atoms with Gasteiger partial charge in [-0.2, -0.15) is 5.10 Å². The maximum atomic E-state index is 12.9. The van der Waals surface area contributed by atoms with Gasteiger partial charge in [0.2, 0.25) is 0 Å². The number of aryl methyl sites for hydroxylation is 2. The number of carbonyl (C=O) groups is 1. The van der Waals surface area contributed by atoms with Gasteiger partial charge in [-0.1, -0.05) is 60.2 Å². The largest absolute Gasteiger partial charge is 0.486 e. The van der Waals surface area contributed by atoms with Gasteiger partial charge >= 0.3 is 0 Å². The average Bonchev–Trinajstić information content (AvgIpc) is 3.43. The summed E-state index contributed by atoms with van der Waals surface area (Å²) in [6, 6.07) is 25.8. The zero-order chi connectivity index (χ0) is 24.4. The van der Waals surface area contributed by atoms with Crippen LogP contribution in [-0.2, 0) is 13.2 Å². The number of aromatic nitrogens is 2. The van der Waals surface area contributed by atoms with E-state index in [1.165, 1.54) is 5.56 Å². The van der Waals surface area contributed by atoms with E-state index in [0.29, 0.717) is 18.0 Å². The van der Waals surface area contributed by atoms with E-state index in [4.69, 9.17) is 9.15 Å². The summed E-state index contributed by atoms with van der Waals surface area (Å²) in [6.07, 6.45) is 0. The number of nitrogens with zero attached hydrogens (tertiary/aromatic N) is 2. The molecule has 176 valence electrons. The number of ether oxygens (including phenoxy) is 1. The molecule has 0 aliphatic rings. The van der Waals surface area contributed by atoms with Crippen molar-refractivity contribution in [3.05, 3.63) is 113 Å². The van der Waals surface area contributed by atoms with Crippen molar-refractivity contribution in [2.45, 2.75) is 33.9 Å². The van der Waals surface area contributed by atoms with Gasteiger partial charge in [-0.05, 0) is 61.4 Å². The van der Waals surface area contributed by atoms with Crippen LogP contribution in [0.15, 0.2) is 83.3 Å². The molecule has 0 aliphatic heterocycles. The molecule has 2 heterocycles. The van der Waals surface area contributed by atoms with Crippen LogP contribution in [0.5, 0.6) is 5.75 Å². The first-order chi connectivity index (χ1) is 17.0. The predicted octanol–water partition coefficient (Wildman–Crippen LogP) is 6.43. The fourth-order valence-corrected chi connectivity index (χ4v) is 4.18. The van der Waals surface area contributed by atoms with Crippen molar-refractivity contribution in [2.24, 2.45) is 0 Å². The van der Waals surface area contributed by atoms with Crippen molar-refractivity contribution in [1.82, 2.24) is 9.78 Å². The number of anilines is 1. The van der Waals surface area contributed by atoms with Gasteiger partial charge in [-0.25, -0.2) is 0 Å². The van der Waals surface area contributed by atoms with Gasteiger partial charge in [0.15, 0.2) is 5.76 Å². The van der Waals surface area contributed by atoms with E-state index in [1.54, 1.807) is 12.1 Å². The van der Waals surface area contributed by atoms with Gasteiger partial charge in [-0.3, -0.25) is 9.48 Å². The van der Waals surface area contributed by atoms with Crippen molar-refractivity contribution in [3.8, 4) is 5.75 Å². The minimum Gasteiger partial charge on any atom is -0.486 e. The summed E-state index contributed by atoms with van der Waals surface area (Å²) in [5.74, 6) is 1.24. The zero-order valence-corrected chi connectivity index (χ0v) is 20.0. The second-order valence-corrected chi connectivity index (χ2v) is 8.71. The number of carbonyl (C=O) groups excluding carboxylic acids is 1. The standard InChI is InChI=1S/C29H27N3O3/c1-19-7-6-8-22(15-19)17-32-21(3)28(20(2)31-32)30-29(33)27-14-13-26(35-27)18-34-25-12-11-23-9-4-5-10-24(23)16-25/h4-16H,17-18H2,1-3H3,(H,30,33). The highest BCUT2D eigenvalue weighted by Gasteiger charge is 2.18. The Morgan fingerprint density at radius 2 is 1.77 bits per heavy atom. The fraction of sp³-hybridized carbons (Fsp3) is 0.172. The molecule has 0 fully saturated rings. The molecular weight excluding hydrogens is 438 g/mol. The molecule has 6 nitrogen and oxygen atoms in total. The minimum atomic E-state index is -0.316. The molecule has 1 N–H and O–H groups in total. The number of fused-ring (bicyclic) bond motifs is 1. The molecule has 35 heavy (non-hydrogen) atoms. The molecule has 0 saturated carbocycles. The summed E-state index contributed by atoms with van der Waals surface area (Å²) in [7, 11) is 0. The number of hydrogen-bond donors (Lipinski definition) is 1. The molecule has 6 heteroatoms. The summed E-state index contributed by atoms with van der Waals surface area (Å²) >= 11 is 0. The molecular formula is C29H27N3O3. The smallest absolute Gasteiger partial charge is 0.291 e. The highest BCUT2D eigenvalue weighted by molar-refractivity contribution is 6.03. The van der Waals surface area contributed by atoms with E-state index in [9.17, 15) is 4.79 Å². The number of rotatable bonds is 7. The molecule has 5 rings (SSSR count). The van der Waals surface area contributed by atoms with Crippen LogP contribution in [0.3, 0.4) is 0 Å². The number of hydrogen-bond acceptors (Lipinski definition) is 4. The minimum absolute atomic E-state index is 0.229. The molecule has 1 amide bonds. The lowest BCUT2D eigenvalue weighted by Crippen LogP contribution is -2.12. The molecule has 0 bridgehead atoms. The molecule has 3 aromatic carbocycles. The number of amides is 1. The number of furan rings is 1. The van der Waals surface area contributed by atoms with Gasteiger partial charge in [-0.15, -0.1) is 0 Å². The van der Waals surface area contributed by atoms with Crippen LogP contribution in [0.1, 0.15) is 38.8 Å². The van der Waals surface area contributed by atoms with Crippen LogP contribution in [0, 0.1) is 20.8 Å². The van der Waals surface area contributed by atoms with Gasteiger partial charge in [0.1, 0.15) is 18.1 Å². The third-order valence-corrected chi connectivity index (χ3v) is 6.02. The molecule has 2 aromatic heterocycles. The molecule has 0 radical (unpaired) electrons. The topological polar surface area (TPSA) is 69.3 Å².